The molecule has 0 rings (SSSR count). The number of amides is 1. The van der Waals surface area contributed by atoms with Gasteiger partial charge < -0.3 is 28.8 Å². The molecule has 0 aromatic carbocycles. The number of nitrogens with one attached hydrogen (secondary N) is 1. The molecule has 1 amide bonds. The van der Waals surface area contributed by atoms with Crippen molar-refractivity contribution in [3.8, 4) is 0 Å². The Hall–Kier alpha value is -2.32. The van der Waals surface area contributed by atoms with Crippen LogP contribution in [0.15, 0.2) is 85.1 Å². The van der Waals surface area contributed by atoms with Gasteiger partial charge in [0.05, 0.1) is 39.9 Å². The normalized spacial score (nSPS) is 14.6. The zero-order valence-electron chi connectivity index (χ0n) is 46.2. The lowest BCUT2D eigenvalue weighted by Gasteiger charge is -2.29. The van der Waals surface area contributed by atoms with Crippen molar-refractivity contribution in [2.45, 2.75) is 257 Å². The maximum atomic E-state index is 12.9. The third-order valence-electron chi connectivity index (χ3n) is 12.6. The molecular formula is C61H111N2O6P. The molecular weight excluding hydrogens is 888 g/mol. The van der Waals surface area contributed by atoms with E-state index in [1.807, 2.05) is 27.2 Å². The molecule has 406 valence electrons. The maximum Gasteiger partial charge on any atom is 0.268 e. The summed E-state index contributed by atoms with van der Waals surface area (Å²) < 4.78 is 23.3. The van der Waals surface area contributed by atoms with Crippen LogP contribution in [0, 0.1) is 0 Å². The smallest absolute Gasteiger partial charge is 0.268 e. The van der Waals surface area contributed by atoms with E-state index in [1.165, 1.54) is 148 Å². The third-order valence-corrected chi connectivity index (χ3v) is 13.6. The summed E-state index contributed by atoms with van der Waals surface area (Å²) in [4.78, 5) is 25.4. The first-order valence-corrected chi connectivity index (χ1v) is 30.4. The van der Waals surface area contributed by atoms with Crippen LogP contribution < -0.4 is 10.2 Å². The van der Waals surface area contributed by atoms with E-state index in [9.17, 15) is 19.4 Å². The fourth-order valence-electron chi connectivity index (χ4n) is 8.10. The second kappa shape index (κ2) is 51.6. The van der Waals surface area contributed by atoms with Gasteiger partial charge in [-0.05, 0) is 70.6 Å². The van der Waals surface area contributed by atoms with Crippen LogP contribution in [0.3, 0.4) is 0 Å². The zero-order chi connectivity index (χ0) is 51.3. The number of unbranched alkanes of at least 4 members (excludes halogenated alkanes) is 27. The number of aliphatic hydroxyl groups excluding tert-OH is 1. The minimum Gasteiger partial charge on any atom is -0.756 e. The van der Waals surface area contributed by atoms with Gasteiger partial charge in [-0.25, -0.2) is 0 Å². The SMILES string of the molecule is CC/C=C\C/C=C\C/C=C\C/C=C\C/C=C\C/C=C\CCCCCCCCCCCCCCCCCCC(=O)NC(COP(=O)([O-])OCC[N+](C)(C)C)C(O)/C=C/CCCCCCCCCCCCC. The van der Waals surface area contributed by atoms with Crippen LogP contribution in [0.5, 0.6) is 0 Å². The van der Waals surface area contributed by atoms with Crippen LogP contribution >= 0.6 is 7.82 Å². The van der Waals surface area contributed by atoms with Gasteiger partial charge in [0.25, 0.3) is 7.82 Å². The molecule has 0 bridgehead atoms. The number of phosphoric ester groups is 1. The van der Waals surface area contributed by atoms with Gasteiger partial charge in [-0.2, -0.15) is 0 Å². The second-order valence-corrected chi connectivity index (χ2v) is 22.0. The fraction of sp³-hybridized carbons (Fsp3) is 0.754. The molecule has 70 heavy (non-hydrogen) atoms. The van der Waals surface area contributed by atoms with Crippen molar-refractivity contribution in [3.63, 3.8) is 0 Å². The van der Waals surface area contributed by atoms with E-state index in [0.29, 0.717) is 17.4 Å². The van der Waals surface area contributed by atoms with Crippen molar-refractivity contribution in [2.75, 3.05) is 40.9 Å². The lowest BCUT2D eigenvalue weighted by atomic mass is 10.0. The van der Waals surface area contributed by atoms with Crippen LogP contribution in [0.4, 0.5) is 0 Å². The highest BCUT2D eigenvalue weighted by Gasteiger charge is 2.23. The standard InChI is InChI=1S/C61H111N2O6P/c1-6-8-10-12-14-16-18-20-21-22-23-24-25-26-27-28-29-30-31-32-33-34-35-36-37-38-39-40-41-43-45-47-49-51-53-55-61(65)62-59(58-69-70(66,67)68-57-56-63(3,4)5)60(64)54-52-50-48-46-44-42-19-17-15-13-11-9-7-2/h8,10,14,16,20-21,23-24,26-27,29-30,52,54,59-60,64H,6-7,9,11-13,15,17-19,22,25,28,31-51,53,55-58H2,1-5H3,(H-,62,65,66,67)/b10-8-,16-14-,21-20-,24-23-,27-26-,30-29-,54-52+. The second-order valence-electron chi connectivity index (χ2n) is 20.6. The van der Waals surface area contributed by atoms with Crippen molar-refractivity contribution >= 4 is 13.7 Å². The molecule has 0 aromatic heterocycles. The van der Waals surface area contributed by atoms with Crippen LogP contribution in [-0.4, -0.2) is 68.5 Å². The summed E-state index contributed by atoms with van der Waals surface area (Å²) in [5.74, 6) is -0.199. The van der Waals surface area contributed by atoms with Crippen molar-refractivity contribution in [2.24, 2.45) is 0 Å². The average molecular weight is 1000 g/mol. The largest absolute Gasteiger partial charge is 0.756 e. The molecule has 0 aliphatic rings. The molecule has 0 fully saturated rings. The summed E-state index contributed by atoms with van der Waals surface area (Å²) in [6.45, 7) is 4.53. The highest BCUT2D eigenvalue weighted by atomic mass is 31.2. The number of nitrogens with zero attached hydrogens (tertiary/aromatic N) is 1. The monoisotopic (exact) mass is 999 g/mol. The Balaban J connectivity index is 4.04. The number of rotatable bonds is 52. The summed E-state index contributed by atoms with van der Waals surface area (Å²) in [7, 11) is 1.26. The lowest BCUT2D eigenvalue weighted by Crippen LogP contribution is -2.45. The van der Waals surface area contributed by atoms with Crippen LogP contribution in [0.25, 0.3) is 0 Å². The van der Waals surface area contributed by atoms with Crippen LogP contribution in [0.1, 0.15) is 245 Å². The Morgan fingerprint density at radius 3 is 1.27 bits per heavy atom. The molecule has 0 spiro atoms. The molecule has 0 saturated carbocycles. The predicted octanol–water partition coefficient (Wildman–Crippen LogP) is 17.0. The molecule has 3 atom stereocenters. The number of quaternary nitrogens is 1. The van der Waals surface area contributed by atoms with Crippen LogP contribution in [0.2, 0.25) is 0 Å². The molecule has 0 aromatic rings. The summed E-state index contributed by atoms with van der Waals surface area (Å²) in [5.41, 5.74) is 0. The number of hydrogen-bond donors (Lipinski definition) is 2. The van der Waals surface area contributed by atoms with Gasteiger partial charge in [0, 0.05) is 6.42 Å². The minimum absolute atomic E-state index is 0.00279. The Morgan fingerprint density at radius 1 is 0.514 bits per heavy atom. The molecule has 0 aliphatic heterocycles. The van der Waals surface area contributed by atoms with E-state index in [0.717, 1.165) is 77.0 Å². The highest BCUT2D eigenvalue weighted by molar-refractivity contribution is 7.45. The van der Waals surface area contributed by atoms with E-state index < -0.39 is 20.0 Å². The maximum absolute atomic E-state index is 12.9. The molecule has 8 nitrogen and oxygen atoms in total. The first-order chi connectivity index (χ1) is 34.0. The molecule has 2 N–H and O–H groups in total. The number of carbonyl (C=O) groups is 1. The van der Waals surface area contributed by atoms with Crippen molar-refractivity contribution in [3.05, 3.63) is 85.1 Å². The van der Waals surface area contributed by atoms with Gasteiger partial charge in [0.2, 0.25) is 5.91 Å². The summed E-state index contributed by atoms with van der Waals surface area (Å²) in [6, 6.07) is -0.888. The van der Waals surface area contributed by atoms with Crippen molar-refractivity contribution < 1.29 is 32.9 Å². The number of hydrogen-bond acceptors (Lipinski definition) is 6. The van der Waals surface area contributed by atoms with Gasteiger partial charge >= 0.3 is 0 Å². The fourth-order valence-corrected chi connectivity index (χ4v) is 8.82. The van der Waals surface area contributed by atoms with E-state index in [1.54, 1.807) is 6.08 Å². The molecule has 0 radical (unpaired) electrons. The van der Waals surface area contributed by atoms with Crippen molar-refractivity contribution in [1.29, 1.82) is 0 Å². The number of allylic oxidation sites excluding steroid dienone is 13. The number of likely N-dealkylation sites (N-methyl/N-ethyl adjacent to an activating group) is 1. The van der Waals surface area contributed by atoms with E-state index in [4.69, 9.17) is 9.05 Å². The first kappa shape index (κ1) is 67.7. The van der Waals surface area contributed by atoms with Gasteiger partial charge in [0.1, 0.15) is 13.2 Å². The van der Waals surface area contributed by atoms with Gasteiger partial charge in [-0.1, -0.05) is 253 Å². The molecule has 0 aliphatic carbocycles. The average Bonchev–Trinajstić information content (AvgIpc) is 3.32. The molecule has 9 heteroatoms. The van der Waals surface area contributed by atoms with Gasteiger partial charge in [-0.3, -0.25) is 9.36 Å². The number of aliphatic hydroxyl groups is 1. The molecule has 0 heterocycles. The van der Waals surface area contributed by atoms with E-state index in [-0.39, 0.29) is 19.1 Å². The Labute approximate surface area is 433 Å². The topological polar surface area (TPSA) is 108 Å². The predicted molar refractivity (Wildman–Crippen MR) is 302 cm³/mol. The Bertz CT molecular complexity index is 1410. The summed E-state index contributed by atoms with van der Waals surface area (Å²) in [6.07, 6.45) is 72.4. The Morgan fingerprint density at radius 2 is 0.871 bits per heavy atom. The first-order valence-electron chi connectivity index (χ1n) is 28.9. The third kappa shape index (κ3) is 53.5. The Kier molecular flexibility index (Phi) is 49.9. The molecule has 0 saturated heterocycles. The minimum atomic E-state index is -4.59. The summed E-state index contributed by atoms with van der Waals surface area (Å²) in [5, 5.41) is 13.8. The summed E-state index contributed by atoms with van der Waals surface area (Å²) >= 11 is 0. The quantitative estimate of drug-likeness (QED) is 0.0272. The van der Waals surface area contributed by atoms with E-state index >= 15 is 0 Å². The number of carbonyl (C=O) groups excluding carboxylic acids is 1. The van der Waals surface area contributed by atoms with Gasteiger partial charge in [-0.15, -0.1) is 0 Å². The van der Waals surface area contributed by atoms with Gasteiger partial charge in [0.15, 0.2) is 0 Å². The zero-order valence-corrected chi connectivity index (χ0v) is 47.1. The van der Waals surface area contributed by atoms with Crippen LogP contribution in [-0.2, 0) is 18.4 Å². The lowest BCUT2D eigenvalue weighted by molar-refractivity contribution is -0.870. The number of phosphoric acid groups is 1. The highest BCUT2D eigenvalue weighted by Crippen LogP contribution is 2.38. The molecule has 3 unspecified atom stereocenters. The van der Waals surface area contributed by atoms with E-state index in [2.05, 4.69) is 92.1 Å². The van der Waals surface area contributed by atoms with Crippen molar-refractivity contribution in [1.82, 2.24) is 5.32 Å².